The van der Waals surface area contributed by atoms with Gasteiger partial charge in [-0.25, -0.2) is 9.37 Å². The molecular formula is C27H28FN5O3. The second kappa shape index (κ2) is 11.2. The van der Waals surface area contributed by atoms with Crippen molar-refractivity contribution in [2.24, 2.45) is 0 Å². The fourth-order valence-corrected chi connectivity index (χ4v) is 4.04. The number of nitrogens with zero attached hydrogens (tertiary/aromatic N) is 3. The number of amides is 1. The normalized spacial score (nSPS) is 14.1. The van der Waals surface area contributed by atoms with Crippen LogP contribution in [0.5, 0.6) is 0 Å². The third-order valence-electron chi connectivity index (χ3n) is 6.21. The monoisotopic (exact) mass is 489 g/mol. The average Bonchev–Trinajstić information content (AvgIpc) is 2.91. The molecule has 2 N–H and O–H groups in total. The van der Waals surface area contributed by atoms with Crippen molar-refractivity contribution in [1.29, 1.82) is 0 Å². The third kappa shape index (κ3) is 5.63. The van der Waals surface area contributed by atoms with Gasteiger partial charge >= 0.3 is 0 Å². The molecule has 0 fully saturated rings. The van der Waals surface area contributed by atoms with Crippen LogP contribution in [0.1, 0.15) is 59.9 Å². The van der Waals surface area contributed by atoms with Gasteiger partial charge in [-0.3, -0.25) is 23.9 Å². The molecule has 0 unspecified atom stereocenters. The first kappa shape index (κ1) is 25.1. The Morgan fingerprint density at radius 2 is 1.89 bits per heavy atom. The summed E-state index contributed by atoms with van der Waals surface area (Å²) in [4.78, 5) is 47.5. The van der Waals surface area contributed by atoms with Gasteiger partial charge in [0.25, 0.3) is 5.56 Å². The van der Waals surface area contributed by atoms with Crippen LogP contribution < -0.4 is 16.2 Å². The van der Waals surface area contributed by atoms with Gasteiger partial charge < -0.3 is 10.6 Å². The maximum atomic E-state index is 13.5. The summed E-state index contributed by atoms with van der Waals surface area (Å²) in [5, 5.41) is 5.50. The van der Waals surface area contributed by atoms with Gasteiger partial charge in [-0.2, -0.15) is 0 Å². The van der Waals surface area contributed by atoms with Crippen LogP contribution in [0.2, 0.25) is 0 Å². The highest BCUT2D eigenvalue weighted by atomic mass is 19.1. The summed E-state index contributed by atoms with van der Waals surface area (Å²) in [6, 6.07) is 6.48. The number of hydrogen-bond acceptors (Lipinski definition) is 6. The maximum absolute atomic E-state index is 13.5. The molecule has 2 aromatic heterocycles. The van der Waals surface area contributed by atoms with Crippen molar-refractivity contribution in [3.63, 3.8) is 0 Å². The van der Waals surface area contributed by atoms with Gasteiger partial charge in [0.2, 0.25) is 5.91 Å². The highest BCUT2D eigenvalue weighted by Crippen LogP contribution is 2.25. The molecule has 1 aromatic carbocycles. The number of halogens is 1. The summed E-state index contributed by atoms with van der Waals surface area (Å²) in [5.41, 5.74) is 1.95. The van der Waals surface area contributed by atoms with Crippen LogP contribution in [0, 0.1) is 5.82 Å². The molecule has 8 nitrogen and oxygen atoms in total. The van der Waals surface area contributed by atoms with Gasteiger partial charge in [0.1, 0.15) is 17.3 Å². The smallest absolute Gasteiger partial charge is 0.277 e. The zero-order valence-corrected chi connectivity index (χ0v) is 20.3. The van der Waals surface area contributed by atoms with Crippen LogP contribution in [0.4, 0.5) is 10.1 Å². The fourth-order valence-electron chi connectivity index (χ4n) is 4.04. The topological polar surface area (TPSA) is 106 Å². The Bertz CT molecular complexity index is 1360. The molecule has 0 bridgehead atoms. The summed E-state index contributed by atoms with van der Waals surface area (Å²) in [6.07, 6.45) is 10.3. The number of aromatic nitrogens is 3. The Kier molecular flexibility index (Phi) is 7.80. The van der Waals surface area contributed by atoms with Crippen LogP contribution in [-0.2, 0) is 11.3 Å². The molecule has 3 aromatic rings. The first-order valence-electron chi connectivity index (χ1n) is 11.9. The lowest BCUT2D eigenvalue weighted by Crippen LogP contribution is -2.38. The highest BCUT2D eigenvalue weighted by Gasteiger charge is 2.19. The average molecular weight is 490 g/mol. The number of pyridine rings is 1. The molecule has 4 rings (SSSR count). The SMILES string of the molecule is CN[C@@H](C)C(=O)Nc1cnc(C2=CCCCC2)n(Cc2cncc(C(=O)c3ccc(F)cc3)c2)c1=O. The van der Waals surface area contributed by atoms with Crippen LogP contribution in [0.3, 0.4) is 0 Å². The molecular weight excluding hydrogens is 461 g/mol. The zero-order chi connectivity index (χ0) is 25.7. The van der Waals surface area contributed by atoms with Crippen LogP contribution in [-0.4, -0.2) is 39.3 Å². The lowest BCUT2D eigenvalue weighted by atomic mass is 9.98. The number of benzene rings is 1. The van der Waals surface area contributed by atoms with E-state index in [9.17, 15) is 18.8 Å². The first-order chi connectivity index (χ1) is 17.4. The van der Waals surface area contributed by atoms with Gasteiger partial charge in [0.05, 0.1) is 18.8 Å². The quantitative estimate of drug-likeness (QED) is 0.469. The molecule has 1 aliphatic rings. The minimum Gasteiger partial charge on any atom is -0.319 e. The van der Waals surface area contributed by atoms with Crippen molar-refractivity contribution in [2.45, 2.75) is 45.2 Å². The second-order valence-electron chi connectivity index (χ2n) is 8.78. The number of ketones is 1. The van der Waals surface area contributed by atoms with E-state index in [0.717, 1.165) is 31.3 Å². The molecule has 36 heavy (non-hydrogen) atoms. The minimum atomic E-state index is -0.489. The molecule has 0 radical (unpaired) electrons. The zero-order valence-electron chi connectivity index (χ0n) is 20.3. The lowest BCUT2D eigenvalue weighted by Gasteiger charge is -2.19. The molecule has 1 aliphatic carbocycles. The Balaban J connectivity index is 1.70. The van der Waals surface area contributed by atoms with E-state index < -0.39 is 17.4 Å². The van der Waals surface area contributed by atoms with Gasteiger partial charge in [-0.05, 0) is 81.1 Å². The van der Waals surface area contributed by atoms with Crippen molar-refractivity contribution < 1.29 is 14.0 Å². The predicted molar refractivity (Wildman–Crippen MR) is 135 cm³/mol. The standard InChI is InChI=1S/C27H28FN5O3/c1-17(29-2)26(35)32-23-15-31-25(20-6-4-3-5-7-20)33(27(23)36)16-18-12-21(14-30-13-18)24(34)19-8-10-22(28)11-9-19/h6,8-15,17,29H,3-5,7,16H2,1-2H3,(H,32,35)/t17-/m0/s1. The predicted octanol–water partition coefficient (Wildman–Crippen LogP) is 3.56. The Hall–Kier alpha value is -3.98. The summed E-state index contributed by atoms with van der Waals surface area (Å²) in [5.74, 6) is -0.534. The number of carbonyl (C=O) groups excluding carboxylic acids is 2. The number of allylic oxidation sites excluding steroid dienone is 2. The van der Waals surface area contributed by atoms with Gasteiger partial charge in [-0.1, -0.05) is 6.08 Å². The van der Waals surface area contributed by atoms with Crippen molar-refractivity contribution >= 4 is 23.0 Å². The first-order valence-corrected chi connectivity index (χ1v) is 11.9. The van der Waals surface area contributed by atoms with E-state index in [1.165, 1.54) is 41.2 Å². The molecule has 0 saturated carbocycles. The number of anilines is 1. The molecule has 0 aliphatic heterocycles. The Morgan fingerprint density at radius 1 is 1.11 bits per heavy atom. The largest absolute Gasteiger partial charge is 0.319 e. The maximum Gasteiger partial charge on any atom is 0.277 e. The van der Waals surface area contributed by atoms with E-state index >= 15 is 0 Å². The van der Waals surface area contributed by atoms with Crippen molar-refractivity contribution in [3.05, 3.63) is 93.7 Å². The highest BCUT2D eigenvalue weighted by molar-refractivity contribution is 6.08. The van der Waals surface area contributed by atoms with Gasteiger partial charge in [0, 0.05) is 23.5 Å². The molecule has 0 spiro atoms. The van der Waals surface area contributed by atoms with Crippen molar-refractivity contribution in [2.75, 3.05) is 12.4 Å². The molecule has 0 saturated heterocycles. The van der Waals surface area contributed by atoms with Crippen LogP contribution in [0.15, 0.2) is 59.8 Å². The van der Waals surface area contributed by atoms with E-state index in [1.807, 2.05) is 0 Å². The minimum absolute atomic E-state index is 0.0776. The Morgan fingerprint density at radius 3 is 2.58 bits per heavy atom. The number of carbonyl (C=O) groups is 2. The summed E-state index contributed by atoms with van der Waals surface area (Å²) >= 11 is 0. The molecule has 186 valence electrons. The second-order valence-corrected chi connectivity index (χ2v) is 8.78. The summed E-state index contributed by atoms with van der Waals surface area (Å²) in [7, 11) is 1.66. The van der Waals surface area contributed by atoms with E-state index in [0.29, 0.717) is 22.5 Å². The Labute approximate surface area is 208 Å². The van der Waals surface area contributed by atoms with Gasteiger partial charge in [-0.15, -0.1) is 0 Å². The number of rotatable bonds is 8. The number of hydrogen-bond donors (Lipinski definition) is 2. The fraction of sp³-hybridized carbons (Fsp3) is 0.296. The summed E-state index contributed by atoms with van der Waals surface area (Å²) in [6.45, 7) is 1.80. The van der Waals surface area contributed by atoms with E-state index in [1.54, 1.807) is 26.2 Å². The molecule has 1 amide bonds. The summed E-state index contributed by atoms with van der Waals surface area (Å²) < 4.78 is 14.8. The number of nitrogens with one attached hydrogen (secondary N) is 2. The van der Waals surface area contributed by atoms with E-state index in [4.69, 9.17) is 0 Å². The lowest BCUT2D eigenvalue weighted by molar-refractivity contribution is -0.117. The van der Waals surface area contributed by atoms with Crippen molar-refractivity contribution in [1.82, 2.24) is 19.9 Å². The molecule has 2 heterocycles. The molecule has 9 heteroatoms. The molecule has 1 atom stereocenters. The van der Waals surface area contributed by atoms with Crippen molar-refractivity contribution in [3.8, 4) is 0 Å². The van der Waals surface area contributed by atoms with Crippen LogP contribution in [0.25, 0.3) is 5.57 Å². The van der Waals surface area contributed by atoms with Gasteiger partial charge in [0.15, 0.2) is 5.78 Å². The van der Waals surface area contributed by atoms with E-state index in [-0.39, 0.29) is 23.9 Å². The van der Waals surface area contributed by atoms with E-state index in [2.05, 4.69) is 26.7 Å². The third-order valence-corrected chi connectivity index (χ3v) is 6.21. The van der Waals surface area contributed by atoms with Crippen LogP contribution >= 0.6 is 0 Å². The number of likely N-dealkylation sites (N-methyl/N-ethyl adjacent to an activating group) is 1.